The van der Waals surface area contributed by atoms with Gasteiger partial charge in [0, 0.05) is 5.02 Å². The number of carbonyl (C=O) groups is 1. The SMILES string of the molecule is CCC(NC(=O)Cc1ccc(Cl)cc1)c1ccc(OC)cc1. The van der Waals surface area contributed by atoms with E-state index < -0.39 is 0 Å². The third-order valence-corrected chi connectivity index (χ3v) is 3.79. The Morgan fingerprint density at radius 1 is 1.14 bits per heavy atom. The van der Waals surface area contributed by atoms with E-state index in [-0.39, 0.29) is 11.9 Å². The Morgan fingerprint density at radius 3 is 2.32 bits per heavy atom. The molecule has 2 rings (SSSR count). The largest absolute Gasteiger partial charge is 0.497 e. The molecule has 22 heavy (non-hydrogen) atoms. The van der Waals surface area contributed by atoms with Gasteiger partial charge in [-0.2, -0.15) is 0 Å². The summed E-state index contributed by atoms with van der Waals surface area (Å²) >= 11 is 5.85. The second-order valence-electron chi connectivity index (χ2n) is 5.10. The number of methoxy groups -OCH3 is 1. The molecule has 0 spiro atoms. The van der Waals surface area contributed by atoms with Gasteiger partial charge in [-0.15, -0.1) is 0 Å². The Balaban J connectivity index is 1.99. The van der Waals surface area contributed by atoms with Crippen molar-refractivity contribution in [3.05, 3.63) is 64.7 Å². The average Bonchev–Trinajstić information content (AvgIpc) is 2.55. The highest BCUT2D eigenvalue weighted by atomic mass is 35.5. The second-order valence-corrected chi connectivity index (χ2v) is 5.54. The Labute approximate surface area is 136 Å². The molecule has 116 valence electrons. The highest BCUT2D eigenvalue weighted by molar-refractivity contribution is 6.30. The number of halogens is 1. The maximum Gasteiger partial charge on any atom is 0.224 e. The highest BCUT2D eigenvalue weighted by Gasteiger charge is 2.13. The molecule has 0 aliphatic carbocycles. The molecular weight excluding hydrogens is 298 g/mol. The summed E-state index contributed by atoms with van der Waals surface area (Å²) in [4.78, 5) is 12.2. The summed E-state index contributed by atoms with van der Waals surface area (Å²) in [5.41, 5.74) is 2.03. The Morgan fingerprint density at radius 2 is 1.77 bits per heavy atom. The molecule has 0 fully saturated rings. The van der Waals surface area contributed by atoms with Gasteiger partial charge < -0.3 is 10.1 Å². The predicted octanol–water partition coefficient (Wildman–Crippen LogP) is 4.16. The van der Waals surface area contributed by atoms with E-state index >= 15 is 0 Å². The van der Waals surface area contributed by atoms with Crippen molar-refractivity contribution in [3.8, 4) is 5.75 Å². The van der Waals surface area contributed by atoms with Crippen LogP contribution in [0.25, 0.3) is 0 Å². The number of carbonyl (C=O) groups excluding carboxylic acids is 1. The molecule has 1 amide bonds. The molecule has 1 unspecified atom stereocenters. The van der Waals surface area contributed by atoms with Gasteiger partial charge in [-0.05, 0) is 41.8 Å². The molecule has 0 aliphatic heterocycles. The molecule has 0 saturated carbocycles. The van der Waals surface area contributed by atoms with Crippen LogP contribution >= 0.6 is 11.6 Å². The van der Waals surface area contributed by atoms with Crippen LogP contribution in [-0.4, -0.2) is 13.0 Å². The number of hydrogen-bond acceptors (Lipinski definition) is 2. The highest BCUT2D eigenvalue weighted by Crippen LogP contribution is 2.20. The van der Waals surface area contributed by atoms with E-state index in [0.29, 0.717) is 11.4 Å². The van der Waals surface area contributed by atoms with Crippen LogP contribution in [0.1, 0.15) is 30.5 Å². The number of nitrogens with one attached hydrogen (secondary N) is 1. The fourth-order valence-electron chi connectivity index (χ4n) is 2.29. The van der Waals surface area contributed by atoms with Gasteiger partial charge in [-0.3, -0.25) is 4.79 Å². The van der Waals surface area contributed by atoms with Crippen LogP contribution in [0.5, 0.6) is 5.75 Å². The van der Waals surface area contributed by atoms with Crippen molar-refractivity contribution in [2.24, 2.45) is 0 Å². The molecule has 2 aromatic rings. The monoisotopic (exact) mass is 317 g/mol. The van der Waals surface area contributed by atoms with Gasteiger partial charge in [-0.1, -0.05) is 42.8 Å². The Hall–Kier alpha value is -2.00. The third kappa shape index (κ3) is 4.50. The van der Waals surface area contributed by atoms with Gasteiger partial charge in [0.1, 0.15) is 5.75 Å². The number of ether oxygens (including phenoxy) is 1. The lowest BCUT2D eigenvalue weighted by molar-refractivity contribution is -0.121. The van der Waals surface area contributed by atoms with Crippen LogP contribution in [0.15, 0.2) is 48.5 Å². The summed E-state index contributed by atoms with van der Waals surface area (Å²) in [6.45, 7) is 2.05. The van der Waals surface area contributed by atoms with Crippen molar-refractivity contribution in [3.63, 3.8) is 0 Å². The minimum atomic E-state index is 0.00462. The van der Waals surface area contributed by atoms with Crippen LogP contribution in [0, 0.1) is 0 Å². The zero-order valence-electron chi connectivity index (χ0n) is 12.8. The smallest absolute Gasteiger partial charge is 0.224 e. The molecule has 1 atom stereocenters. The lowest BCUT2D eigenvalue weighted by atomic mass is 10.0. The van der Waals surface area contributed by atoms with E-state index in [1.54, 1.807) is 19.2 Å². The molecule has 0 heterocycles. The molecule has 0 saturated heterocycles. The second kappa shape index (κ2) is 7.85. The molecule has 2 aromatic carbocycles. The van der Waals surface area contributed by atoms with E-state index in [4.69, 9.17) is 16.3 Å². The number of amides is 1. The molecule has 0 aliphatic rings. The van der Waals surface area contributed by atoms with Gasteiger partial charge in [0.15, 0.2) is 0 Å². The van der Waals surface area contributed by atoms with Crippen molar-refractivity contribution >= 4 is 17.5 Å². The standard InChI is InChI=1S/C18H20ClNO2/c1-3-17(14-6-10-16(22-2)11-7-14)20-18(21)12-13-4-8-15(19)9-5-13/h4-11,17H,3,12H2,1-2H3,(H,20,21). The zero-order chi connectivity index (χ0) is 15.9. The first-order valence-corrected chi connectivity index (χ1v) is 7.68. The fourth-order valence-corrected chi connectivity index (χ4v) is 2.42. The quantitative estimate of drug-likeness (QED) is 0.868. The van der Waals surface area contributed by atoms with Gasteiger partial charge in [0.05, 0.1) is 19.6 Å². The molecule has 0 bridgehead atoms. The molecule has 3 nitrogen and oxygen atoms in total. The van der Waals surface area contributed by atoms with E-state index in [9.17, 15) is 4.79 Å². The summed E-state index contributed by atoms with van der Waals surface area (Å²) < 4.78 is 5.15. The van der Waals surface area contributed by atoms with Gasteiger partial charge in [0.2, 0.25) is 5.91 Å². The number of hydrogen-bond donors (Lipinski definition) is 1. The van der Waals surface area contributed by atoms with E-state index in [2.05, 4.69) is 12.2 Å². The van der Waals surface area contributed by atoms with Crippen molar-refractivity contribution < 1.29 is 9.53 Å². The summed E-state index contributed by atoms with van der Waals surface area (Å²) in [6.07, 6.45) is 1.18. The van der Waals surface area contributed by atoms with Crippen LogP contribution < -0.4 is 10.1 Å². The summed E-state index contributed by atoms with van der Waals surface area (Å²) in [7, 11) is 1.64. The minimum Gasteiger partial charge on any atom is -0.497 e. The first-order valence-electron chi connectivity index (χ1n) is 7.30. The molecule has 4 heteroatoms. The normalized spacial score (nSPS) is 11.8. The summed E-state index contributed by atoms with van der Waals surface area (Å²) in [5, 5.41) is 3.75. The maximum absolute atomic E-state index is 12.2. The van der Waals surface area contributed by atoms with Gasteiger partial charge in [-0.25, -0.2) is 0 Å². The average molecular weight is 318 g/mol. The predicted molar refractivity (Wildman–Crippen MR) is 89.3 cm³/mol. The van der Waals surface area contributed by atoms with Crippen LogP contribution in [0.2, 0.25) is 5.02 Å². The van der Waals surface area contributed by atoms with E-state index in [1.807, 2.05) is 36.4 Å². The topological polar surface area (TPSA) is 38.3 Å². The van der Waals surface area contributed by atoms with E-state index in [1.165, 1.54) is 0 Å². The van der Waals surface area contributed by atoms with Gasteiger partial charge >= 0.3 is 0 Å². The van der Waals surface area contributed by atoms with Crippen molar-refractivity contribution in [2.45, 2.75) is 25.8 Å². The van der Waals surface area contributed by atoms with Crippen LogP contribution in [0.3, 0.4) is 0 Å². The van der Waals surface area contributed by atoms with Crippen LogP contribution in [-0.2, 0) is 11.2 Å². The first kappa shape index (κ1) is 16.4. The summed E-state index contributed by atoms with van der Waals surface area (Å²) in [6, 6.07) is 15.1. The Bertz CT molecular complexity index is 608. The third-order valence-electron chi connectivity index (χ3n) is 3.54. The molecule has 0 aromatic heterocycles. The first-order chi connectivity index (χ1) is 10.6. The molecule has 1 N–H and O–H groups in total. The maximum atomic E-state index is 12.2. The van der Waals surface area contributed by atoms with Crippen molar-refractivity contribution in [2.75, 3.05) is 7.11 Å². The van der Waals surface area contributed by atoms with Crippen molar-refractivity contribution in [1.82, 2.24) is 5.32 Å². The van der Waals surface area contributed by atoms with Crippen molar-refractivity contribution in [1.29, 1.82) is 0 Å². The molecular formula is C18H20ClNO2. The lowest BCUT2D eigenvalue weighted by Gasteiger charge is -2.18. The summed E-state index contributed by atoms with van der Waals surface area (Å²) in [5.74, 6) is 0.816. The Kier molecular flexibility index (Phi) is 5.84. The zero-order valence-corrected chi connectivity index (χ0v) is 13.6. The number of rotatable bonds is 6. The number of benzene rings is 2. The lowest BCUT2D eigenvalue weighted by Crippen LogP contribution is -2.29. The van der Waals surface area contributed by atoms with Gasteiger partial charge in [0.25, 0.3) is 0 Å². The minimum absolute atomic E-state index is 0.00462. The van der Waals surface area contributed by atoms with Crippen LogP contribution in [0.4, 0.5) is 0 Å². The molecule has 0 radical (unpaired) electrons. The van der Waals surface area contributed by atoms with E-state index in [0.717, 1.165) is 23.3 Å². The fraction of sp³-hybridized carbons (Fsp3) is 0.278.